The van der Waals surface area contributed by atoms with E-state index in [1.54, 1.807) is 19.2 Å². The van der Waals surface area contributed by atoms with Gasteiger partial charge in [-0.05, 0) is 47.9 Å². The normalized spacial score (nSPS) is 15.5. The summed E-state index contributed by atoms with van der Waals surface area (Å²) < 4.78 is 18.4. The molecule has 1 aliphatic rings. The van der Waals surface area contributed by atoms with Crippen molar-refractivity contribution in [2.45, 2.75) is 19.9 Å². The van der Waals surface area contributed by atoms with E-state index in [1.165, 1.54) is 12.1 Å². The number of rotatable bonds is 7. The van der Waals surface area contributed by atoms with Crippen LogP contribution < -0.4 is 15.0 Å². The molecule has 1 atom stereocenters. The minimum absolute atomic E-state index is 0.0140. The van der Waals surface area contributed by atoms with E-state index in [1.807, 2.05) is 29.2 Å². The summed E-state index contributed by atoms with van der Waals surface area (Å²) in [6, 6.07) is 14.5. The predicted molar refractivity (Wildman–Crippen MR) is 114 cm³/mol. The third kappa shape index (κ3) is 5.48. The molecule has 1 aliphatic heterocycles. The number of benzene rings is 2. The Morgan fingerprint density at radius 1 is 1.03 bits per heavy atom. The molecule has 3 rings (SSSR count). The fourth-order valence-electron chi connectivity index (χ4n) is 3.72. The molecule has 0 aromatic heterocycles. The number of nitrogens with one attached hydrogen (secondary N) is 1. The zero-order valence-corrected chi connectivity index (χ0v) is 17.4. The van der Waals surface area contributed by atoms with Gasteiger partial charge in [-0.3, -0.25) is 4.79 Å². The van der Waals surface area contributed by atoms with Crippen molar-refractivity contribution in [1.29, 1.82) is 0 Å². The maximum absolute atomic E-state index is 13.2. The lowest BCUT2D eigenvalue weighted by molar-refractivity contribution is -0.130. The molecule has 0 spiro atoms. The maximum Gasteiger partial charge on any atom is 0.236 e. The summed E-state index contributed by atoms with van der Waals surface area (Å²) in [6.45, 7) is 7.50. The van der Waals surface area contributed by atoms with Gasteiger partial charge in [-0.2, -0.15) is 0 Å². The SMILES string of the molecule is COc1ccc(N2CCN(C(=O)CN[C@@H](c3ccc(F)cc3)C(C)C)CC2)cc1. The van der Waals surface area contributed by atoms with Gasteiger partial charge in [-0.25, -0.2) is 4.39 Å². The van der Waals surface area contributed by atoms with Crippen LogP contribution in [0, 0.1) is 11.7 Å². The van der Waals surface area contributed by atoms with Gasteiger partial charge in [0.05, 0.1) is 13.7 Å². The lowest BCUT2D eigenvalue weighted by Crippen LogP contribution is -2.51. The number of nitrogens with zero attached hydrogens (tertiary/aromatic N) is 2. The molecule has 1 heterocycles. The molecule has 29 heavy (non-hydrogen) atoms. The number of carbonyl (C=O) groups excluding carboxylic acids is 1. The molecule has 1 fully saturated rings. The summed E-state index contributed by atoms with van der Waals surface area (Å²) in [6.07, 6.45) is 0. The molecule has 0 bridgehead atoms. The van der Waals surface area contributed by atoms with Gasteiger partial charge in [0.15, 0.2) is 0 Å². The van der Waals surface area contributed by atoms with Crippen LogP contribution in [0.5, 0.6) is 5.75 Å². The van der Waals surface area contributed by atoms with Crippen LogP contribution in [0.3, 0.4) is 0 Å². The van der Waals surface area contributed by atoms with Crippen molar-refractivity contribution in [1.82, 2.24) is 10.2 Å². The number of carbonyl (C=O) groups is 1. The van der Waals surface area contributed by atoms with Crippen molar-refractivity contribution >= 4 is 11.6 Å². The van der Waals surface area contributed by atoms with Gasteiger partial charge in [0.25, 0.3) is 0 Å². The number of hydrogen-bond donors (Lipinski definition) is 1. The molecule has 2 aromatic rings. The smallest absolute Gasteiger partial charge is 0.236 e. The molecular weight excluding hydrogens is 369 g/mol. The first kappa shape index (κ1) is 21.1. The Morgan fingerprint density at radius 2 is 1.66 bits per heavy atom. The van der Waals surface area contributed by atoms with Crippen LogP contribution in [0.2, 0.25) is 0 Å². The van der Waals surface area contributed by atoms with Crippen molar-refractivity contribution in [3.8, 4) is 5.75 Å². The first-order valence-electron chi connectivity index (χ1n) is 10.1. The number of anilines is 1. The number of halogens is 1. The summed E-state index contributed by atoms with van der Waals surface area (Å²) >= 11 is 0. The molecular formula is C23H30FN3O2. The number of piperazine rings is 1. The molecule has 1 N–H and O–H groups in total. The average Bonchev–Trinajstić information content (AvgIpc) is 2.75. The zero-order valence-electron chi connectivity index (χ0n) is 17.4. The Labute approximate surface area is 172 Å². The molecule has 5 nitrogen and oxygen atoms in total. The number of amides is 1. The van der Waals surface area contributed by atoms with Crippen LogP contribution in [0.25, 0.3) is 0 Å². The summed E-state index contributed by atoms with van der Waals surface area (Å²) in [7, 11) is 1.66. The predicted octanol–water partition coefficient (Wildman–Crippen LogP) is 3.47. The van der Waals surface area contributed by atoms with Crippen LogP contribution >= 0.6 is 0 Å². The Kier molecular flexibility index (Phi) is 7.09. The van der Waals surface area contributed by atoms with Gasteiger partial charge >= 0.3 is 0 Å². The van der Waals surface area contributed by atoms with Crippen LogP contribution in [-0.4, -0.2) is 50.6 Å². The van der Waals surface area contributed by atoms with E-state index >= 15 is 0 Å². The van der Waals surface area contributed by atoms with Crippen molar-refractivity contribution < 1.29 is 13.9 Å². The second kappa shape index (κ2) is 9.74. The molecule has 6 heteroatoms. The Hall–Kier alpha value is -2.60. The number of ether oxygens (including phenoxy) is 1. The van der Waals surface area contributed by atoms with Crippen LogP contribution in [0.15, 0.2) is 48.5 Å². The van der Waals surface area contributed by atoms with E-state index in [0.29, 0.717) is 19.0 Å². The minimum atomic E-state index is -0.248. The molecule has 1 saturated heterocycles. The van der Waals surface area contributed by atoms with Crippen molar-refractivity contribution in [2.24, 2.45) is 5.92 Å². The molecule has 156 valence electrons. The Balaban J connectivity index is 1.51. The summed E-state index contributed by atoms with van der Waals surface area (Å²) in [4.78, 5) is 16.9. The average molecular weight is 400 g/mol. The van der Waals surface area contributed by atoms with Crippen molar-refractivity contribution in [2.75, 3.05) is 44.7 Å². The molecule has 0 radical (unpaired) electrons. The number of methoxy groups -OCH3 is 1. The first-order valence-corrected chi connectivity index (χ1v) is 10.1. The van der Waals surface area contributed by atoms with E-state index < -0.39 is 0 Å². The standard InChI is InChI=1S/C23H30FN3O2/c1-17(2)23(18-4-6-19(24)7-5-18)25-16-22(28)27-14-12-26(13-15-27)20-8-10-21(29-3)11-9-20/h4-11,17,23,25H,12-16H2,1-3H3/t23-/m1/s1. The summed E-state index contributed by atoms with van der Waals surface area (Å²) in [5.41, 5.74) is 2.14. The van der Waals surface area contributed by atoms with Crippen LogP contribution in [0.4, 0.5) is 10.1 Å². The zero-order chi connectivity index (χ0) is 20.8. The fraction of sp³-hybridized carbons (Fsp3) is 0.435. The highest BCUT2D eigenvalue weighted by molar-refractivity contribution is 5.78. The van der Waals surface area contributed by atoms with Gasteiger partial charge in [0.2, 0.25) is 5.91 Å². The topological polar surface area (TPSA) is 44.8 Å². The van der Waals surface area contributed by atoms with E-state index in [4.69, 9.17) is 4.74 Å². The quantitative estimate of drug-likeness (QED) is 0.774. The second-order valence-electron chi connectivity index (χ2n) is 7.72. The Morgan fingerprint density at radius 3 is 2.21 bits per heavy atom. The van der Waals surface area contributed by atoms with E-state index in [-0.39, 0.29) is 24.3 Å². The molecule has 0 unspecified atom stereocenters. The minimum Gasteiger partial charge on any atom is -0.497 e. The monoisotopic (exact) mass is 399 g/mol. The molecule has 0 aliphatic carbocycles. The van der Waals surface area contributed by atoms with Gasteiger partial charge < -0.3 is 19.9 Å². The maximum atomic E-state index is 13.2. The van der Waals surface area contributed by atoms with E-state index in [0.717, 1.165) is 30.1 Å². The van der Waals surface area contributed by atoms with Gasteiger partial charge in [-0.15, -0.1) is 0 Å². The lowest BCUT2D eigenvalue weighted by atomic mass is 9.96. The largest absolute Gasteiger partial charge is 0.497 e. The van der Waals surface area contributed by atoms with Gasteiger partial charge in [0.1, 0.15) is 11.6 Å². The van der Waals surface area contributed by atoms with Crippen molar-refractivity contribution in [3.63, 3.8) is 0 Å². The third-order valence-electron chi connectivity index (χ3n) is 5.44. The lowest BCUT2D eigenvalue weighted by Gasteiger charge is -2.36. The summed E-state index contributed by atoms with van der Waals surface area (Å²) in [5, 5.41) is 3.37. The van der Waals surface area contributed by atoms with Crippen LogP contribution in [-0.2, 0) is 4.79 Å². The first-order chi connectivity index (χ1) is 14.0. The second-order valence-corrected chi connectivity index (χ2v) is 7.72. The molecule has 2 aromatic carbocycles. The van der Waals surface area contributed by atoms with E-state index in [9.17, 15) is 9.18 Å². The fourth-order valence-corrected chi connectivity index (χ4v) is 3.72. The van der Waals surface area contributed by atoms with E-state index in [2.05, 4.69) is 24.1 Å². The van der Waals surface area contributed by atoms with Gasteiger partial charge in [0, 0.05) is 37.9 Å². The third-order valence-corrected chi connectivity index (χ3v) is 5.44. The highest BCUT2D eigenvalue weighted by Gasteiger charge is 2.23. The summed E-state index contributed by atoms with van der Waals surface area (Å²) in [5.74, 6) is 0.990. The Bertz CT molecular complexity index is 785. The van der Waals surface area contributed by atoms with Crippen molar-refractivity contribution in [3.05, 3.63) is 59.9 Å². The molecule has 1 amide bonds. The van der Waals surface area contributed by atoms with Crippen LogP contribution in [0.1, 0.15) is 25.5 Å². The highest BCUT2D eigenvalue weighted by Crippen LogP contribution is 2.22. The molecule has 0 saturated carbocycles. The van der Waals surface area contributed by atoms with Gasteiger partial charge in [-0.1, -0.05) is 26.0 Å². The number of hydrogen-bond acceptors (Lipinski definition) is 4. The highest BCUT2D eigenvalue weighted by atomic mass is 19.1.